The highest BCUT2D eigenvalue weighted by atomic mass is 32.1. The van der Waals surface area contributed by atoms with Crippen molar-refractivity contribution in [2.24, 2.45) is 0 Å². The Morgan fingerprint density at radius 2 is 2.12 bits per heavy atom. The quantitative estimate of drug-likeness (QED) is 0.697. The van der Waals surface area contributed by atoms with Crippen LogP contribution in [0.2, 0.25) is 0 Å². The van der Waals surface area contributed by atoms with Crippen molar-refractivity contribution >= 4 is 22.1 Å². The predicted molar refractivity (Wildman–Crippen MR) is 67.7 cm³/mol. The Morgan fingerprint density at radius 3 is 2.88 bits per heavy atom. The summed E-state index contributed by atoms with van der Waals surface area (Å²) in [5.41, 5.74) is 9.27. The lowest BCUT2D eigenvalue weighted by Crippen LogP contribution is -1.93. The first-order chi connectivity index (χ1) is 7.77. The Hall–Kier alpha value is -1.81. The highest BCUT2D eigenvalue weighted by Crippen LogP contribution is 2.30. The van der Waals surface area contributed by atoms with Crippen molar-refractivity contribution in [2.75, 3.05) is 5.73 Å². The number of hydrogen-bond acceptors (Lipinski definition) is 3. The first kappa shape index (κ1) is 9.42. The second kappa shape index (κ2) is 3.35. The summed E-state index contributed by atoms with van der Waals surface area (Å²) in [6.07, 6.45) is 1.95. The molecular weight excluding hydrogens is 218 g/mol. The van der Waals surface area contributed by atoms with Gasteiger partial charge in [-0.3, -0.25) is 4.40 Å². The zero-order valence-electron chi connectivity index (χ0n) is 8.84. The number of fused-ring (bicyclic) bond motifs is 1. The molecule has 0 aliphatic rings. The molecule has 3 aromatic rings. The van der Waals surface area contributed by atoms with Crippen molar-refractivity contribution in [1.29, 1.82) is 0 Å². The van der Waals surface area contributed by atoms with Gasteiger partial charge in [0.1, 0.15) is 11.5 Å². The molecule has 0 amide bonds. The van der Waals surface area contributed by atoms with Gasteiger partial charge in [0.25, 0.3) is 0 Å². The van der Waals surface area contributed by atoms with Gasteiger partial charge in [-0.1, -0.05) is 24.3 Å². The summed E-state index contributed by atoms with van der Waals surface area (Å²) < 4.78 is 1.92. The molecule has 2 aromatic heterocycles. The summed E-state index contributed by atoms with van der Waals surface area (Å²) in [5, 5.41) is 1.99. The minimum atomic E-state index is 0.713. The summed E-state index contributed by atoms with van der Waals surface area (Å²) in [6, 6.07) is 8.16. The molecule has 0 aliphatic heterocycles. The summed E-state index contributed by atoms with van der Waals surface area (Å²) in [4.78, 5) is 5.50. The van der Waals surface area contributed by atoms with Crippen LogP contribution in [0.15, 0.2) is 35.8 Å². The largest absolute Gasteiger partial charge is 0.383 e. The van der Waals surface area contributed by atoms with Crippen molar-refractivity contribution in [3.8, 4) is 11.3 Å². The fourth-order valence-corrected chi connectivity index (χ4v) is 2.56. The van der Waals surface area contributed by atoms with Crippen LogP contribution in [0.5, 0.6) is 0 Å². The SMILES string of the molecule is Cc1ccccc1-c1nc2sccn2c1N. The molecule has 3 rings (SSSR count). The molecule has 0 unspecified atom stereocenters. The Balaban J connectivity index is 2.30. The molecule has 3 nitrogen and oxygen atoms in total. The van der Waals surface area contributed by atoms with Crippen LogP contribution in [0.1, 0.15) is 5.56 Å². The monoisotopic (exact) mass is 229 g/mol. The highest BCUT2D eigenvalue weighted by Gasteiger charge is 2.12. The van der Waals surface area contributed by atoms with Crippen molar-refractivity contribution < 1.29 is 0 Å². The molecule has 0 atom stereocenters. The van der Waals surface area contributed by atoms with Crippen LogP contribution in [-0.4, -0.2) is 9.38 Å². The van der Waals surface area contributed by atoms with E-state index < -0.39 is 0 Å². The van der Waals surface area contributed by atoms with Gasteiger partial charge in [-0.2, -0.15) is 0 Å². The van der Waals surface area contributed by atoms with Gasteiger partial charge < -0.3 is 5.73 Å². The molecule has 0 spiro atoms. The third kappa shape index (κ3) is 1.23. The number of thiazole rings is 1. The fraction of sp³-hybridized carbons (Fsp3) is 0.0833. The number of nitrogen functional groups attached to an aromatic ring is 1. The maximum atomic E-state index is 6.09. The second-order valence-electron chi connectivity index (χ2n) is 3.72. The summed E-state index contributed by atoms with van der Waals surface area (Å²) in [7, 11) is 0. The van der Waals surface area contributed by atoms with Crippen LogP contribution in [0.4, 0.5) is 5.82 Å². The lowest BCUT2D eigenvalue weighted by molar-refractivity contribution is 1.24. The molecule has 1 aromatic carbocycles. The van der Waals surface area contributed by atoms with Gasteiger partial charge in [-0.05, 0) is 12.5 Å². The summed E-state index contributed by atoms with van der Waals surface area (Å²) in [5.74, 6) is 0.713. The minimum Gasteiger partial charge on any atom is -0.383 e. The van der Waals surface area contributed by atoms with Crippen molar-refractivity contribution in [3.63, 3.8) is 0 Å². The zero-order valence-corrected chi connectivity index (χ0v) is 9.66. The Morgan fingerprint density at radius 1 is 1.31 bits per heavy atom. The first-order valence-corrected chi connectivity index (χ1v) is 5.92. The molecule has 16 heavy (non-hydrogen) atoms. The van der Waals surface area contributed by atoms with E-state index in [0.29, 0.717) is 5.82 Å². The number of anilines is 1. The van der Waals surface area contributed by atoms with E-state index >= 15 is 0 Å². The third-order valence-electron chi connectivity index (χ3n) is 2.70. The molecule has 2 N–H and O–H groups in total. The highest BCUT2D eigenvalue weighted by molar-refractivity contribution is 7.15. The molecule has 0 saturated carbocycles. The van der Waals surface area contributed by atoms with Gasteiger partial charge in [0, 0.05) is 17.1 Å². The molecule has 0 bridgehead atoms. The Kier molecular flexibility index (Phi) is 1.97. The van der Waals surface area contributed by atoms with E-state index in [1.807, 2.05) is 28.1 Å². The van der Waals surface area contributed by atoms with E-state index in [2.05, 4.69) is 24.0 Å². The average molecular weight is 229 g/mol. The lowest BCUT2D eigenvalue weighted by atomic mass is 10.1. The standard InChI is InChI=1S/C12H11N3S/c1-8-4-2-3-5-9(8)10-11(13)15-6-7-16-12(15)14-10/h2-7H,13H2,1H3. The molecule has 4 heteroatoms. The molecule has 0 fully saturated rings. The number of aromatic nitrogens is 2. The van der Waals surface area contributed by atoms with Gasteiger partial charge in [0.2, 0.25) is 0 Å². The van der Waals surface area contributed by atoms with Crippen molar-refractivity contribution in [3.05, 3.63) is 41.4 Å². The van der Waals surface area contributed by atoms with E-state index in [-0.39, 0.29) is 0 Å². The number of nitrogens with zero attached hydrogens (tertiary/aromatic N) is 2. The molecule has 0 radical (unpaired) electrons. The van der Waals surface area contributed by atoms with Gasteiger partial charge in [-0.15, -0.1) is 11.3 Å². The molecule has 0 aliphatic carbocycles. The fourth-order valence-electron chi connectivity index (χ4n) is 1.84. The van der Waals surface area contributed by atoms with Crippen LogP contribution in [-0.2, 0) is 0 Å². The molecule has 0 saturated heterocycles. The average Bonchev–Trinajstić information content (AvgIpc) is 2.83. The topological polar surface area (TPSA) is 43.3 Å². The Bertz CT molecular complexity index is 651. The van der Waals surface area contributed by atoms with Gasteiger partial charge in [-0.25, -0.2) is 4.98 Å². The van der Waals surface area contributed by atoms with Crippen molar-refractivity contribution in [2.45, 2.75) is 6.92 Å². The second-order valence-corrected chi connectivity index (χ2v) is 4.59. The van der Waals surface area contributed by atoms with Gasteiger partial charge in [0.15, 0.2) is 4.96 Å². The number of nitrogens with two attached hydrogens (primary N) is 1. The molecular formula is C12H11N3S. The number of aryl methyl sites for hydroxylation is 1. The minimum absolute atomic E-state index is 0.713. The zero-order chi connectivity index (χ0) is 11.1. The first-order valence-electron chi connectivity index (χ1n) is 5.04. The normalized spacial score (nSPS) is 11.1. The maximum Gasteiger partial charge on any atom is 0.195 e. The molecule has 80 valence electrons. The summed E-state index contributed by atoms with van der Waals surface area (Å²) >= 11 is 1.59. The van der Waals surface area contributed by atoms with E-state index in [1.165, 1.54) is 5.56 Å². The van der Waals surface area contributed by atoms with E-state index in [9.17, 15) is 0 Å². The van der Waals surface area contributed by atoms with Crippen LogP contribution in [0.3, 0.4) is 0 Å². The van der Waals surface area contributed by atoms with E-state index in [1.54, 1.807) is 11.3 Å². The van der Waals surface area contributed by atoms with Crippen LogP contribution in [0, 0.1) is 6.92 Å². The maximum absolute atomic E-state index is 6.09. The predicted octanol–water partition coefficient (Wildman–Crippen LogP) is 2.95. The van der Waals surface area contributed by atoms with Crippen LogP contribution >= 0.6 is 11.3 Å². The number of hydrogen-bond donors (Lipinski definition) is 1. The number of benzene rings is 1. The smallest absolute Gasteiger partial charge is 0.195 e. The van der Waals surface area contributed by atoms with Crippen LogP contribution < -0.4 is 5.73 Å². The van der Waals surface area contributed by atoms with Crippen molar-refractivity contribution in [1.82, 2.24) is 9.38 Å². The van der Waals surface area contributed by atoms with Gasteiger partial charge >= 0.3 is 0 Å². The van der Waals surface area contributed by atoms with Gasteiger partial charge in [0.05, 0.1) is 0 Å². The third-order valence-corrected chi connectivity index (χ3v) is 3.46. The number of imidazole rings is 1. The van der Waals surface area contributed by atoms with Crippen LogP contribution in [0.25, 0.3) is 16.2 Å². The van der Waals surface area contributed by atoms with E-state index in [0.717, 1.165) is 16.2 Å². The van der Waals surface area contributed by atoms with E-state index in [4.69, 9.17) is 5.73 Å². The summed E-state index contributed by atoms with van der Waals surface area (Å²) in [6.45, 7) is 2.07. The number of rotatable bonds is 1. The Labute approximate surface area is 97.2 Å². The lowest BCUT2D eigenvalue weighted by Gasteiger charge is -2.02. The molecule has 2 heterocycles.